The molecule has 0 amide bonds. The van der Waals surface area contributed by atoms with Gasteiger partial charge in [0.1, 0.15) is 5.75 Å². The molecule has 3 fully saturated rings. The summed E-state index contributed by atoms with van der Waals surface area (Å²) in [7, 11) is 0. The number of alkyl halides is 3. The number of rotatable bonds is 5. The molecule has 0 unspecified atom stereocenters. The van der Waals surface area contributed by atoms with E-state index in [-0.39, 0.29) is 48.8 Å². The maximum atomic E-state index is 14.2. The van der Waals surface area contributed by atoms with Gasteiger partial charge in [0.15, 0.2) is 11.6 Å². The molecule has 0 saturated heterocycles. The highest BCUT2D eigenvalue weighted by Crippen LogP contribution is 2.58. The van der Waals surface area contributed by atoms with Gasteiger partial charge in [-0.2, -0.15) is 18.3 Å². The third kappa shape index (κ3) is 4.02. The van der Waals surface area contributed by atoms with Crippen LogP contribution >= 0.6 is 0 Å². The Bertz CT molecular complexity index is 1190. The SMILES string of the molecule is Oc1cc(-c2cn[nH]c2)ccc1-c1ncc(N(C2CC2)[C@@H]2C[C@H]3CCC[C@](C(F)(F)F)(C3)C2)nn1. The Morgan fingerprint density at radius 1 is 1.03 bits per heavy atom. The largest absolute Gasteiger partial charge is 0.507 e. The summed E-state index contributed by atoms with van der Waals surface area (Å²) >= 11 is 0. The van der Waals surface area contributed by atoms with Crippen molar-refractivity contribution in [1.82, 2.24) is 25.4 Å². The minimum atomic E-state index is -4.19. The number of nitrogens with zero attached hydrogens (tertiary/aromatic N) is 5. The zero-order valence-electron chi connectivity index (χ0n) is 19.2. The van der Waals surface area contributed by atoms with E-state index >= 15 is 0 Å². The van der Waals surface area contributed by atoms with E-state index in [0.29, 0.717) is 17.8 Å². The maximum absolute atomic E-state index is 14.2. The highest BCUT2D eigenvalue weighted by molar-refractivity contribution is 5.72. The van der Waals surface area contributed by atoms with Gasteiger partial charge in [-0.15, -0.1) is 10.2 Å². The topological polar surface area (TPSA) is 90.8 Å². The monoisotopic (exact) mass is 484 g/mol. The Balaban J connectivity index is 1.27. The summed E-state index contributed by atoms with van der Waals surface area (Å²) in [5.74, 6) is 0.904. The Hall–Kier alpha value is -3.17. The summed E-state index contributed by atoms with van der Waals surface area (Å²) in [4.78, 5) is 6.51. The van der Waals surface area contributed by atoms with Crippen molar-refractivity contribution in [2.75, 3.05) is 4.90 Å². The number of hydrogen-bond acceptors (Lipinski definition) is 6. The number of hydrogen-bond donors (Lipinski definition) is 2. The molecule has 0 spiro atoms. The molecule has 6 rings (SSSR count). The second kappa shape index (κ2) is 8.20. The molecule has 2 N–H and O–H groups in total. The molecule has 3 saturated carbocycles. The van der Waals surface area contributed by atoms with Gasteiger partial charge < -0.3 is 10.0 Å². The molecule has 35 heavy (non-hydrogen) atoms. The van der Waals surface area contributed by atoms with Crippen LogP contribution in [0.4, 0.5) is 19.0 Å². The van der Waals surface area contributed by atoms with E-state index in [2.05, 4.69) is 30.3 Å². The number of aromatic amines is 1. The van der Waals surface area contributed by atoms with Crippen molar-refractivity contribution in [1.29, 1.82) is 0 Å². The molecule has 184 valence electrons. The van der Waals surface area contributed by atoms with Crippen molar-refractivity contribution in [3.8, 4) is 28.3 Å². The molecule has 3 atom stereocenters. The quantitative estimate of drug-likeness (QED) is 0.497. The fourth-order valence-corrected chi connectivity index (χ4v) is 6.22. The predicted molar refractivity (Wildman–Crippen MR) is 123 cm³/mol. The summed E-state index contributed by atoms with van der Waals surface area (Å²) in [6, 6.07) is 5.15. The summed E-state index contributed by atoms with van der Waals surface area (Å²) in [5, 5.41) is 25.9. The molecule has 10 heteroatoms. The molecular formula is C25H27F3N6O. The number of aromatic hydroxyl groups is 1. The molecule has 0 aliphatic heterocycles. The van der Waals surface area contributed by atoms with Gasteiger partial charge >= 0.3 is 6.18 Å². The summed E-state index contributed by atoms with van der Waals surface area (Å²) < 4.78 is 42.5. The smallest absolute Gasteiger partial charge is 0.394 e. The van der Waals surface area contributed by atoms with E-state index in [1.807, 2.05) is 6.07 Å². The maximum Gasteiger partial charge on any atom is 0.394 e. The van der Waals surface area contributed by atoms with Crippen molar-refractivity contribution < 1.29 is 18.3 Å². The minimum Gasteiger partial charge on any atom is -0.507 e. The van der Waals surface area contributed by atoms with Crippen LogP contribution in [0.5, 0.6) is 5.75 Å². The van der Waals surface area contributed by atoms with Crippen LogP contribution in [0, 0.1) is 11.3 Å². The first-order valence-electron chi connectivity index (χ1n) is 12.2. The number of benzene rings is 1. The van der Waals surface area contributed by atoms with Crippen LogP contribution in [-0.4, -0.2) is 48.7 Å². The number of phenolic OH excluding ortho intramolecular Hbond substituents is 1. The normalized spacial score (nSPS) is 26.5. The van der Waals surface area contributed by atoms with Crippen molar-refractivity contribution in [3.05, 3.63) is 36.8 Å². The lowest BCUT2D eigenvalue weighted by atomic mass is 9.60. The summed E-state index contributed by atoms with van der Waals surface area (Å²) in [6.45, 7) is 0. The average Bonchev–Trinajstić information content (AvgIpc) is 3.50. The van der Waals surface area contributed by atoms with Gasteiger partial charge in [-0.25, -0.2) is 4.98 Å². The number of halogens is 3. The number of anilines is 1. The second-order valence-electron chi connectivity index (χ2n) is 10.3. The van der Waals surface area contributed by atoms with E-state index in [9.17, 15) is 18.3 Å². The van der Waals surface area contributed by atoms with Crippen molar-refractivity contribution in [2.24, 2.45) is 11.3 Å². The van der Waals surface area contributed by atoms with Crippen LogP contribution in [0.2, 0.25) is 0 Å². The number of aromatic nitrogens is 5. The van der Waals surface area contributed by atoms with Crippen LogP contribution in [-0.2, 0) is 0 Å². The zero-order chi connectivity index (χ0) is 24.2. The lowest BCUT2D eigenvalue weighted by Crippen LogP contribution is -2.53. The van der Waals surface area contributed by atoms with E-state index in [1.165, 1.54) is 0 Å². The van der Waals surface area contributed by atoms with Gasteiger partial charge in [0.2, 0.25) is 0 Å². The Kier molecular flexibility index (Phi) is 5.23. The number of phenols is 1. The van der Waals surface area contributed by atoms with Crippen molar-refractivity contribution in [3.63, 3.8) is 0 Å². The number of fused-ring (bicyclic) bond motifs is 2. The van der Waals surface area contributed by atoms with E-state index in [1.54, 1.807) is 30.7 Å². The Morgan fingerprint density at radius 3 is 2.54 bits per heavy atom. The van der Waals surface area contributed by atoms with Gasteiger partial charge in [-0.05, 0) is 62.1 Å². The molecule has 7 nitrogen and oxygen atoms in total. The van der Waals surface area contributed by atoms with Crippen LogP contribution in [0.1, 0.15) is 51.4 Å². The third-order valence-electron chi connectivity index (χ3n) is 8.00. The number of nitrogens with one attached hydrogen (secondary N) is 1. The first kappa shape index (κ1) is 22.3. The molecule has 3 aliphatic rings. The van der Waals surface area contributed by atoms with Gasteiger partial charge in [0.25, 0.3) is 0 Å². The average molecular weight is 485 g/mol. The Morgan fingerprint density at radius 2 is 1.89 bits per heavy atom. The van der Waals surface area contributed by atoms with Crippen molar-refractivity contribution in [2.45, 2.75) is 69.6 Å². The molecule has 3 aromatic rings. The number of H-pyrrole nitrogens is 1. The molecule has 1 aromatic carbocycles. The van der Waals surface area contributed by atoms with Gasteiger partial charge in [0, 0.05) is 23.8 Å². The standard InChI is InChI=1S/C25H27F3N6O/c26-25(27,28)24-7-1-2-15(10-24)8-19(11-24)34(18-4-5-18)22-14-29-23(33-32-22)20-6-3-16(9-21(20)35)17-12-30-31-13-17/h3,6,9,12-15,18-19,35H,1-2,4-5,7-8,10-11H2,(H,30,31)/t15-,19-,24+/m1/s1. The van der Waals surface area contributed by atoms with Gasteiger partial charge in [-0.1, -0.05) is 18.9 Å². The van der Waals surface area contributed by atoms with E-state index < -0.39 is 11.6 Å². The molecule has 2 bridgehead atoms. The molecular weight excluding hydrogens is 457 g/mol. The summed E-state index contributed by atoms with van der Waals surface area (Å²) in [6.07, 6.45) is 5.55. The van der Waals surface area contributed by atoms with E-state index in [0.717, 1.165) is 36.8 Å². The molecule has 0 radical (unpaired) electrons. The molecule has 2 aromatic heterocycles. The van der Waals surface area contributed by atoms with Crippen LogP contribution in [0.25, 0.3) is 22.5 Å². The lowest BCUT2D eigenvalue weighted by molar-refractivity contribution is -0.250. The third-order valence-corrected chi connectivity index (χ3v) is 8.00. The zero-order valence-corrected chi connectivity index (χ0v) is 19.2. The van der Waals surface area contributed by atoms with E-state index in [4.69, 9.17) is 0 Å². The van der Waals surface area contributed by atoms with Crippen LogP contribution < -0.4 is 4.90 Å². The fourth-order valence-electron chi connectivity index (χ4n) is 6.22. The highest BCUT2D eigenvalue weighted by Gasteiger charge is 2.60. The molecule has 2 heterocycles. The fraction of sp³-hybridized carbons (Fsp3) is 0.520. The highest BCUT2D eigenvalue weighted by atomic mass is 19.4. The first-order valence-corrected chi connectivity index (χ1v) is 12.2. The van der Waals surface area contributed by atoms with Gasteiger partial charge in [0.05, 0.1) is 23.4 Å². The summed E-state index contributed by atoms with van der Waals surface area (Å²) in [5.41, 5.74) is 0.494. The second-order valence-corrected chi connectivity index (χ2v) is 10.3. The molecule has 3 aliphatic carbocycles. The predicted octanol–water partition coefficient (Wildman–Crippen LogP) is 5.50. The van der Waals surface area contributed by atoms with Gasteiger partial charge in [-0.3, -0.25) is 5.10 Å². The van der Waals surface area contributed by atoms with Crippen molar-refractivity contribution >= 4 is 5.82 Å². The Labute approximate surface area is 200 Å². The lowest BCUT2D eigenvalue weighted by Gasteiger charge is -2.51. The minimum absolute atomic E-state index is 0.0181. The van der Waals surface area contributed by atoms with Crippen LogP contribution in [0.3, 0.4) is 0 Å². The van der Waals surface area contributed by atoms with Crippen LogP contribution in [0.15, 0.2) is 36.8 Å². The first-order chi connectivity index (χ1) is 16.8.